The van der Waals surface area contributed by atoms with Crippen LogP contribution in [0.5, 0.6) is 0 Å². The molecule has 1 aromatic carbocycles. The molecular formula is C13H17ClFNO. The van der Waals surface area contributed by atoms with Crippen LogP contribution < -0.4 is 5.32 Å². The standard InChI is InChI=1S/C13H17ClFNO/c1-17-6-5-16-8-9-7-11(9)10-3-2-4-12(14)13(10)15/h2-4,9,11,16H,5-8H2,1H3. The molecule has 1 fully saturated rings. The lowest BCUT2D eigenvalue weighted by atomic mass is 10.1. The zero-order chi connectivity index (χ0) is 12.3. The molecule has 4 heteroatoms. The maximum absolute atomic E-state index is 13.7. The van der Waals surface area contributed by atoms with Gasteiger partial charge in [-0.1, -0.05) is 23.7 Å². The summed E-state index contributed by atoms with van der Waals surface area (Å²) in [6, 6.07) is 5.24. The van der Waals surface area contributed by atoms with Crippen LogP contribution in [-0.2, 0) is 4.74 Å². The topological polar surface area (TPSA) is 21.3 Å². The van der Waals surface area contributed by atoms with Gasteiger partial charge in [-0.25, -0.2) is 4.39 Å². The van der Waals surface area contributed by atoms with Crippen molar-refractivity contribution in [1.82, 2.24) is 5.32 Å². The fraction of sp³-hybridized carbons (Fsp3) is 0.538. The Labute approximate surface area is 106 Å². The van der Waals surface area contributed by atoms with E-state index in [1.165, 1.54) is 0 Å². The molecule has 0 bridgehead atoms. The molecule has 17 heavy (non-hydrogen) atoms. The van der Waals surface area contributed by atoms with Gasteiger partial charge >= 0.3 is 0 Å². The molecule has 2 nitrogen and oxygen atoms in total. The number of ether oxygens (including phenoxy) is 1. The van der Waals surface area contributed by atoms with Crippen molar-refractivity contribution in [3.05, 3.63) is 34.6 Å². The number of rotatable bonds is 6. The van der Waals surface area contributed by atoms with E-state index in [0.29, 0.717) is 18.4 Å². The van der Waals surface area contributed by atoms with Crippen molar-refractivity contribution in [3.8, 4) is 0 Å². The van der Waals surface area contributed by atoms with Crippen LogP contribution in [0.2, 0.25) is 5.02 Å². The number of hydrogen-bond donors (Lipinski definition) is 1. The summed E-state index contributed by atoms with van der Waals surface area (Å²) in [5.41, 5.74) is 0.760. The second-order valence-electron chi connectivity index (χ2n) is 4.44. The fourth-order valence-electron chi connectivity index (χ4n) is 2.12. The third kappa shape index (κ3) is 3.18. The Morgan fingerprint density at radius 1 is 1.53 bits per heavy atom. The molecule has 0 aliphatic heterocycles. The van der Waals surface area contributed by atoms with E-state index >= 15 is 0 Å². The van der Waals surface area contributed by atoms with Crippen molar-refractivity contribution >= 4 is 11.6 Å². The fourth-order valence-corrected chi connectivity index (χ4v) is 2.30. The Hall–Kier alpha value is -0.640. The Bertz CT molecular complexity index is 386. The highest BCUT2D eigenvalue weighted by Gasteiger charge is 2.39. The summed E-state index contributed by atoms with van der Waals surface area (Å²) in [7, 11) is 1.68. The molecule has 1 saturated carbocycles. The van der Waals surface area contributed by atoms with Crippen molar-refractivity contribution in [2.45, 2.75) is 12.3 Å². The summed E-state index contributed by atoms with van der Waals surface area (Å²) in [6.45, 7) is 2.47. The third-order valence-corrected chi connectivity index (χ3v) is 3.48. The van der Waals surface area contributed by atoms with Crippen LogP contribution in [0.25, 0.3) is 0 Å². The predicted octanol–water partition coefficient (Wildman–Crippen LogP) is 2.82. The van der Waals surface area contributed by atoms with E-state index in [9.17, 15) is 4.39 Å². The zero-order valence-electron chi connectivity index (χ0n) is 9.88. The second kappa shape index (κ2) is 5.80. The van der Waals surface area contributed by atoms with Crippen molar-refractivity contribution < 1.29 is 9.13 Å². The minimum atomic E-state index is -0.251. The van der Waals surface area contributed by atoms with E-state index in [2.05, 4.69) is 5.32 Å². The first-order valence-electron chi connectivity index (χ1n) is 5.87. The number of benzene rings is 1. The van der Waals surface area contributed by atoms with Crippen LogP contribution in [0.3, 0.4) is 0 Å². The molecular weight excluding hydrogens is 241 g/mol. The zero-order valence-corrected chi connectivity index (χ0v) is 10.6. The lowest BCUT2D eigenvalue weighted by molar-refractivity contribution is 0.199. The van der Waals surface area contributed by atoms with Gasteiger partial charge in [0.05, 0.1) is 11.6 Å². The van der Waals surface area contributed by atoms with Gasteiger partial charge in [0.25, 0.3) is 0 Å². The molecule has 0 heterocycles. The molecule has 1 aromatic rings. The highest BCUT2D eigenvalue weighted by atomic mass is 35.5. The maximum atomic E-state index is 13.7. The average molecular weight is 258 g/mol. The Balaban J connectivity index is 1.83. The molecule has 0 amide bonds. The largest absolute Gasteiger partial charge is 0.383 e. The van der Waals surface area contributed by atoms with Gasteiger partial charge in [-0.15, -0.1) is 0 Å². The van der Waals surface area contributed by atoms with E-state index in [-0.39, 0.29) is 10.8 Å². The van der Waals surface area contributed by atoms with E-state index < -0.39 is 0 Å². The summed E-state index contributed by atoms with van der Waals surface area (Å²) in [5, 5.41) is 3.52. The molecule has 2 rings (SSSR count). The van der Waals surface area contributed by atoms with Crippen LogP contribution in [0.15, 0.2) is 18.2 Å². The molecule has 1 N–H and O–H groups in total. The van der Waals surface area contributed by atoms with Gasteiger partial charge in [0.1, 0.15) is 5.82 Å². The van der Waals surface area contributed by atoms with E-state index in [1.807, 2.05) is 12.1 Å². The van der Waals surface area contributed by atoms with Gasteiger partial charge in [0.2, 0.25) is 0 Å². The van der Waals surface area contributed by atoms with Gasteiger partial charge in [-0.2, -0.15) is 0 Å². The first kappa shape index (κ1) is 12.8. The first-order valence-corrected chi connectivity index (χ1v) is 6.25. The first-order chi connectivity index (χ1) is 8.24. The molecule has 2 atom stereocenters. The highest BCUT2D eigenvalue weighted by Crippen LogP contribution is 2.48. The van der Waals surface area contributed by atoms with Crippen molar-refractivity contribution in [2.75, 3.05) is 26.8 Å². The number of methoxy groups -OCH3 is 1. The molecule has 1 aliphatic carbocycles. The third-order valence-electron chi connectivity index (χ3n) is 3.19. The number of halogens is 2. The Kier molecular flexibility index (Phi) is 4.37. The van der Waals surface area contributed by atoms with Crippen molar-refractivity contribution in [2.24, 2.45) is 5.92 Å². The SMILES string of the molecule is COCCNCC1CC1c1cccc(Cl)c1F. The molecule has 1 aliphatic rings. The van der Waals surface area contributed by atoms with E-state index in [0.717, 1.165) is 25.1 Å². The minimum absolute atomic E-state index is 0.223. The van der Waals surface area contributed by atoms with E-state index in [4.69, 9.17) is 16.3 Å². The predicted molar refractivity (Wildman–Crippen MR) is 67.0 cm³/mol. The lowest BCUT2D eigenvalue weighted by Gasteiger charge is -2.05. The number of nitrogens with one attached hydrogen (secondary N) is 1. The van der Waals surface area contributed by atoms with Crippen molar-refractivity contribution in [3.63, 3.8) is 0 Å². The molecule has 0 spiro atoms. The summed E-state index contributed by atoms with van der Waals surface area (Å²) >= 11 is 5.77. The van der Waals surface area contributed by atoms with Gasteiger partial charge in [-0.05, 0) is 36.4 Å². The minimum Gasteiger partial charge on any atom is -0.383 e. The highest BCUT2D eigenvalue weighted by molar-refractivity contribution is 6.30. The van der Waals surface area contributed by atoms with Gasteiger partial charge in [-0.3, -0.25) is 0 Å². The molecule has 2 unspecified atom stereocenters. The average Bonchev–Trinajstić information content (AvgIpc) is 3.08. The lowest BCUT2D eigenvalue weighted by Crippen LogP contribution is -2.21. The monoisotopic (exact) mass is 257 g/mol. The van der Waals surface area contributed by atoms with Crippen LogP contribution in [0, 0.1) is 11.7 Å². The molecule has 0 aromatic heterocycles. The van der Waals surface area contributed by atoms with E-state index in [1.54, 1.807) is 13.2 Å². The Morgan fingerprint density at radius 2 is 2.35 bits per heavy atom. The quantitative estimate of drug-likeness (QED) is 0.792. The summed E-state index contributed by atoms with van der Waals surface area (Å²) < 4.78 is 18.7. The number of hydrogen-bond acceptors (Lipinski definition) is 2. The van der Waals surface area contributed by atoms with Crippen LogP contribution >= 0.6 is 11.6 Å². The van der Waals surface area contributed by atoms with Gasteiger partial charge in [0, 0.05) is 13.7 Å². The molecule has 0 saturated heterocycles. The smallest absolute Gasteiger partial charge is 0.145 e. The summed E-state index contributed by atoms with van der Waals surface area (Å²) in [5.74, 6) is 0.599. The Morgan fingerprint density at radius 3 is 3.12 bits per heavy atom. The van der Waals surface area contributed by atoms with Crippen LogP contribution in [-0.4, -0.2) is 26.8 Å². The molecule has 94 valence electrons. The second-order valence-corrected chi connectivity index (χ2v) is 4.85. The summed E-state index contributed by atoms with van der Waals surface area (Å²) in [6.07, 6.45) is 1.04. The molecule has 0 radical (unpaired) electrons. The van der Waals surface area contributed by atoms with Crippen LogP contribution in [0.1, 0.15) is 17.9 Å². The van der Waals surface area contributed by atoms with Crippen molar-refractivity contribution in [1.29, 1.82) is 0 Å². The van der Waals surface area contributed by atoms with Gasteiger partial charge < -0.3 is 10.1 Å². The summed E-state index contributed by atoms with van der Waals surface area (Å²) in [4.78, 5) is 0. The normalized spacial score (nSPS) is 22.8. The van der Waals surface area contributed by atoms with Crippen LogP contribution in [0.4, 0.5) is 4.39 Å². The van der Waals surface area contributed by atoms with Gasteiger partial charge in [0.15, 0.2) is 0 Å². The maximum Gasteiger partial charge on any atom is 0.145 e.